The van der Waals surface area contributed by atoms with E-state index in [0.717, 1.165) is 11.5 Å². The van der Waals surface area contributed by atoms with Crippen molar-refractivity contribution in [1.82, 2.24) is 15.0 Å². The summed E-state index contributed by atoms with van der Waals surface area (Å²) in [6.07, 6.45) is 4.01. The maximum atomic E-state index is 10.8. The standard InChI is InChI=1S/C8H10N4O/c1-6-9-2-3-12(6)5-7-4-8(13)11-10-7/h2-3H,4-5H2,1H3,(H,11,13). The smallest absolute Gasteiger partial charge is 0.245 e. The van der Waals surface area contributed by atoms with Gasteiger partial charge in [0, 0.05) is 12.4 Å². The molecule has 0 bridgehead atoms. The molecule has 0 unspecified atom stereocenters. The van der Waals surface area contributed by atoms with Crippen molar-refractivity contribution in [3.63, 3.8) is 0 Å². The van der Waals surface area contributed by atoms with Crippen molar-refractivity contribution in [3.8, 4) is 0 Å². The maximum absolute atomic E-state index is 10.8. The van der Waals surface area contributed by atoms with Crippen LogP contribution in [0.2, 0.25) is 0 Å². The van der Waals surface area contributed by atoms with Crippen molar-refractivity contribution >= 4 is 11.6 Å². The van der Waals surface area contributed by atoms with Gasteiger partial charge in [-0.05, 0) is 6.92 Å². The first-order valence-electron chi connectivity index (χ1n) is 4.08. The van der Waals surface area contributed by atoms with Crippen molar-refractivity contribution in [2.75, 3.05) is 0 Å². The Morgan fingerprint density at radius 1 is 1.69 bits per heavy atom. The van der Waals surface area contributed by atoms with Gasteiger partial charge in [0.2, 0.25) is 5.91 Å². The highest BCUT2D eigenvalue weighted by Crippen LogP contribution is 2.01. The van der Waals surface area contributed by atoms with E-state index in [1.165, 1.54) is 0 Å². The molecule has 1 N–H and O–H groups in total. The van der Waals surface area contributed by atoms with Crippen molar-refractivity contribution in [2.24, 2.45) is 5.10 Å². The number of hydrogen-bond acceptors (Lipinski definition) is 3. The van der Waals surface area contributed by atoms with Gasteiger partial charge in [-0.2, -0.15) is 5.10 Å². The fourth-order valence-electron chi connectivity index (χ4n) is 1.26. The summed E-state index contributed by atoms with van der Waals surface area (Å²) in [4.78, 5) is 14.9. The molecule has 0 saturated carbocycles. The van der Waals surface area contributed by atoms with Gasteiger partial charge in [0.1, 0.15) is 5.82 Å². The first kappa shape index (κ1) is 7.97. The molecule has 68 valence electrons. The molecule has 0 fully saturated rings. The first-order valence-corrected chi connectivity index (χ1v) is 4.08. The van der Waals surface area contributed by atoms with Gasteiger partial charge in [0.25, 0.3) is 0 Å². The largest absolute Gasteiger partial charge is 0.329 e. The van der Waals surface area contributed by atoms with Crippen molar-refractivity contribution in [1.29, 1.82) is 0 Å². The Kier molecular flexibility index (Phi) is 1.84. The Balaban J connectivity index is 2.07. The number of aromatic nitrogens is 2. The minimum Gasteiger partial charge on any atom is -0.329 e. The number of aryl methyl sites for hydroxylation is 1. The van der Waals surface area contributed by atoms with Crippen molar-refractivity contribution < 1.29 is 4.79 Å². The van der Waals surface area contributed by atoms with Gasteiger partial charge < -0.3 is 4.57 Å². The first-order chi connectivity index (χ1) is 6.25. The van der Waals surface area contributed by atoms with E-state index >= 15 is 0 Å². The van der Waals surface area contributed by atoms with Crippen LogP contribution in [0.5, 0.6) is 0 Å². The Morgan fingerprint density at radius 3 is 3.08 bits per heavy atom. The van der Waals surface area contributed by atoms with Gasteiger partial charge in [0.05, 0.1) is 18.7 Å². The lowest BCUT2D eigenvalue weighted by Gasteiger charge is -2.01. The van der Waals surface area contributed by atoms with E-state index in [4.69, 9.17) is 0 Å². The molecule has 0 spiro atoms. The molecule has 0 aliphatic carbocycles. The third-order valence-electron chi connectivity index (χ3n) is 1.98. The molecule has 13 heavy (non-hydrogen) atoms. The molecule has 2 heterocycles. The lowest BCUT2D eigenvalue weighted by atomic mass is 10.3. The molecule has 1 aromatic rings. The van der Waals surface area contributed by atoms with Crippen LogP contribution < -0.4 is 5.43 Å². The van der Waals surface area contributed by atoms with Gasteiger partial charge in [0.15, 0.2) is 0 Å². The zero-order valence-electron chi connectivity index (χ0n) is 7.32. The van der Waals surface area contributed by atoms with E-state index in [1.807, 2.05) is 17.7 Å². The second kappa shape index (κ2) is 3.01. The number of nitrogens with zero attached hydrogens (tertiary/aromatic N) is 3. The molecule has 5 heteroatoms. The molecule has 1 aromatic heterocycles. The van der Waals surface area contributed by atoms with E-state index in [0.29, 0.717) is 13.0 Å². The molecule has 0 aromatic carbocycles. The molecule has 1 amide bonds. The summed E-state index contributed by atoms with van der Waals surface area (Å²) in [5, 5.41) is 3.90. The Hall–Kier alpha value is -1.65. The van der Waals surface area contributed by atoms with Crippen LogP contribution in [-0.2, 0) is 11.3 Å². The molecule has 5 nitrogen and oxygen atoms in total. The zero-order valence-corrected chi connectivity index (χ0v) is 7.32. The number of amides is 1. The summed E-state index contributed by atoms with van der Waals surface area (Å²) < 4.78 is 1.96. The number of carbonyl (C=O) groups excluding carboxylic acids is 1. The normalized spacial score (nSPS) is 15.8. The second-order valence-electron chi connectivity index (χ2n) is 2.99. The lowest BCUT2D eigenvalue weighted by molar-refractivity contribution is -0.119. The second-order valence-corrected chi connectivity index (χ2v) is 2.99. The topological polar surface area (TPSA) is 59.3 Å². The zero-order chi connectivity index (χ0) is 9.26. The predicted octanol–water partition coefficient (Wildman–Crippen LogP) is 0.0674. The third kappa shape index (κ3) is 1.58. The van der Waals surface area contributed by atoms with Crippen LogP contribution in [-0.4, -0.2) is 21.2 Å². The van der Waals surface area contributed by atoms with Crippen LogP contribution in [0.4, 0.5) is 0 Å². The van der Waals surface area contributed by atoms with Crippen molar-refractivity contribution in [3.05, 3.63) is 18.2 Å². The molecule has 1 aliphatic heterocycles. The fraction of sp³-hybridized carbons (Fsp3) is 0.375. The monoisotopic (exact) mass is 178 g/mol. The van der Waals surface area contributed by atoms with Gasteiger partial charge >= 0.3 is 0 Å². The van der Waals surface area contributed by atoms with Crippen LogP contribution in [0.15, 0.2) is 17.5 Å². The average molecular weight is 178 g/mol. The summed E-state index contributed by atoms with van der Waals surface area (Å²) in [5.41, 5.74) is 3.27. The maximum Gasteiger partial charge on any atom is 0.245 e. The Morgan fingerprint density at radius 2 is 2.54 bits per heavy atom. The quantitative estimate of drug-likeness (QED) is 0.696. The summed E-state index contributed by atoms with van der Waals surface area (Å²) in [7, 11) is 0. The molecule has 1 aliphatic rings. The number of imidazole rings is 1. The summed E-state index contributed by atoms with van der Waals surface area (Å²) in [6.45, 7) is 2.56. The Bertz CT molecular complexity index is 366. The molecular formula is C8H10N4O. The molecular weight excluding hydrogens is 168 g/mol. The average Bonchev–Trinajstić information content (AvgIpc) is 2.64. The Labute approximate surface area is 75.5 Å². The molecule has 0 atom stereocenters. The number of hydrazone groups is 1. The van der Waals surface area contributed by atoms with Gasteiger partial charge in [-0.25, -0.2) is 10.4 Å². The lowest BCUT2D eigenvalue weighted by Crippen LogP contribution is -2.11. The van der Waals surface area contributed by atoms with Gasteiger partial charge in [-0.15, -0.1) is 0 Å². The van der Waals surface area contributed by atoms with Crippen molar-refractivity contribution in [2.45, 2.75) is 19.9 Å². The number of rotatable bonds is 2. The van der Waals surface area contributed by atoms with Crippen LogP contribution in [0, 0.1) is 6.92 Å². The van der Waals surface area contributed by atoms with E-state index in [2.05, 4.69) is 15.5 Å². The van der Waals surface area contributed by atoms with Crippen LogP contribution in [0.1, 0.15) is 12.2 Å². The summed E-state index contributed by atoms with van der Waals surface area (Å²) in [6, 6.07) is 0. The SMILES string of the molecule is Cc1nccn1CC1=NNC(=O)C1. The third-order valence-corrected chi connectivity index (χ3v) is 1.98. The van der Waals surface area contributed by atoms with E-state index in [9.17, 15) is 4.79 Å². The number of nitrogens with one attached hydrogen (secondary N) is 1. The van der Waals surface area contributed by atoms with Crippen LogP contribution in [0.3, 0.4) is 0 Å². The van der Waals surface area contributed by atoms with Gasteiger partial charge in [-0.1, -0.05) is 0 Å². The van der Waals surface area contributed by atoms with Crippen LogP contribution in [0.25, 0.3) is 0 Å². The van der Waals surface area contributed by atoms with E-state index in [-0.39, 0.29) is 5.91 Å². The van der Waals surface area contributed by atoms with Crippen LogP contribution >= 0.6 is 0 Å². The number of carbonyl (C=O) groups is 1. The van der Waals surface area contributed by atoms with E-state index in [1.54, 1.807) is 6.20 Å². The number of hydrogen-bond donors (Lipinski definition) is 1. The summed E-state index contributed by atoms with van der Waals surface area (Å²) in [5.74, 6) is 0.898. The van der Waals surface area contributed by atoms with Gasteiger partial charge in [-0.3, -0.25) is 4.79 Å². The highest BCUT2D eigenvalue weighted by atomic mass is 16.2. The fourth-order valence-corrected chi connectivity index (χ4v) is 1.26. The molecule has 0 radical (unpaired) electrons. The van der Waals surface area contributed by atoms with E-state index < -0.39 is 0 Å². The summed E-state index contributed by atoms with van der Waals surface area (Å²) >= 11 is 0. The predicted molar refractivity (Wildman–Crippen MR) is 47.2 cm³/mol. The minimum absolute atomic E-state index is 0.0345. The molecule has 0 saturated heterocycles. The highest BCUT2D eigenvalue weighted by Gasteiger charge is 2.14. The minimum atomic E-state index is -0.0345. The molecule has 2 rings (SSSR count). The highest BCUT2D eigenvalue weighted by molar-refractivity contribution is 6.04.